The van der Waals surface area contributed by atoms with Gasteiger partial charge < -0.3 is 19.8 Å². The predicted molar refractivity (Wildman–Crippen MR) is 52.1 cm³/mol. The standard InChI is InChI=1S/C11H10N2O4.Na/c14-10(15)5-12-7-13(6-11(16)17)9-4-2-1-3-8(9)12;/h1-4,7H,5-6H2,(H-,14,15,16,17);/q;+1/p-1. The van der Waals surface area contributed by atoms with E-state index in [2.05, 4.69) is 0 Å². The molecule has 2 rings (SSSR count). The first kappa shape index (κ1) is 14.7. The van der Waals surface area contributed by atoms with Crippen molar-refractivity contribution in [3.8, 4) is 0 Å². The van der Waals surface area contributed by atoms with E-state index in [4.69, 9.17) is 0 Å². The van der Waals surface area contributed by atoms with Gasteiger partial charge in [0.2, 0.25) is 6.33 Å². The van der Waals surface area contributed by atoms with Crippen LogP contribution in [0.15, 0.2) is 30.6 Å². The van der Waals surface area contributed by atoms with Gasteiger partial charge in [-0.15, -0.1) is 0 Å². The Labute approximate surface area is 125 Å². The number of hydrogen-bond donors (Lipinski definition) is 0. The Morgan fingerprint density at radius 3 is 2.44 bits per heavy atom. The molecule has 0 aliphatic carbocycles. The molecule has 18 heavy (non-hydrogen) atoms. The molecule has 0 saturated carbocycles. The number of hydrogen-bond acceptors (Lipinski definition) is 4. The number of carbonyl (C=O) groups excluding carboxylic acids is 2. The van der Waals surface area contributed by atoms with Gasteiger partial charge in [-0.25, -0.2) is 9.13 Å². The van der Waals surface area contributed by atoms with Crippen molar-refractivity contribution in [2.24, 2.45) is 0 Å². The van der Waals surface area contributed by atoms with Crippen molar-refractivity contribution >= 4 is 23.0 Å². The topological polar surface area (TPSA) is 89.1 Å². The third kappa shape index (κ3) is 3.10. The fraction of sp³-hybridized carbons (Fsp3) is 0.182. The van der Waals surface area contributed by atoms with Crippen molar-refractivity contribution in [1.82, 2.24) is 4.57 Å². The van der Waals surface area contributed by atoms with Gasteiger partial charge in [0.15, 0.2) is 11.0 Å². The van der Waals surface area contributed by atoms with E-state index >= 15 is 0 Å². The third-order valence-electron chi connectivity index (χ3n) is 2.38. The van der Waals surface area contributed by atoms with E-state index in [1.54, 1.807) is 24.3 Å². The van der Waals surface area contributed by atoms with E-state index in [-0.39, 0.29) is 42.6 Å². The Bertz CT molecular complexity index is 544. The van der Waals surface area contributed by atoms with Crippen LogP contribution in [0.2, 0.25) is 0 Å². The molecule has 0 saturated heterocycles. The number of aliphatic carboxylic acids is 2. The fourth-order valence-corrected chi connectivity index (χ4v) is 1.77. The summed E-state index contributed by atoms with van der Waals surface area (Å²) in [6.45, 7) is -0.638. The van der Waals surface area contributed by atoms with Crippen molar-refractivity contribution < 1.29 is 53.9 Å². The molecule has 0 aliphatic rings. The molecule has 1 aromatic carbocycles. The number of carboxylic acids is 2. The van der Waals surface area contributed by atoms with Crippen LogP contribution in [0.1, 0.15) is 0 Å². The molecule has 0 amide bonds. The van der Waals surface area contributed by atoms with Crippen molar-refractivity contribution in [3.63, 3.8) is 0 Å². The quantitative estimate of drug-likeness (QED) is 0.403. The summed E-state index contributed by atoms with van der Waals surface area (Å²) >= 11 is 0. The molecular formula is C11H9N2NaO4. The minimum Gasteiger partial charge on any atom is -0.546 e. The number of carbonyl (C=O) groups is 2. The van der Waals surface area contributed by atoms with E-state index in [1.807, 2.05) is 0 Å². The number of aromatic nitrogens is 2. The number of carboxylic acid groups (broad SMARTS) is 2. The van der Waals surface area contributed by atoms with Gasteiger partial charge in [0.25, 0.3) is 0 Å². The molecule has 88 valence electrons. The largest absolute Gasteiger partial charge is 1.00 e. The second-order valence-corrected chi connectivity index (χ2v) is 3.60. The first-order valence-corrected chi connectivity index (χ1v) is 4.95. The van der Waals surface area contributed by atoms with Crippen LogP contribution in [-0.2, 0) is 22.7 Å². The maximum absolute atomic E-state index is 10.6. The van der Waals surface area contributed by atoms with Gasteiger partial charge in [-0.1, -0.05) is 12.1 Å². The Kier molecular flexibility index (Phi) is 4.89. The second-order valence-electron chi connectivity index (χ2n) is 3.60. The Morgan fingerprint density at radius 2 is 1.83 bits per heavy atom. The summed E-state index contributed by atoms with van der Waals surface area (Å²) in [5.41, 5.74) is 1.27. The first-order valence-electron chi connectivity index (χ1n) is 4.95. The van der Waals surface area contributed by atoms with Crippen LogP contribution in [0, 0.1) is 0 Å². The average Bonchev–Trinajstić information content (AvgIpc) is 2.56. The maximum Gasteiger partial charge on any atom is 1.00 e. The number of para-hydroxylation sites is 2. The minimum atomic E-state index is -1.23. The van der Waals surface area contributed by atoms with E-state index in [0.717, 1.165) is 0 Å². The third-order valence-corrected chi connectivity index (χ3v) is 2.38. The molecule has 6 nitrogen and oxygen atoms in total. The van der Waals surface area contributed by atoms with Gasteiger partial charge in [0.05, 0.1) is 11.9 Å². The summed E-state index contributed by atoms with van der Waals surface area (Å²) < 4.78 is 2.85. The fourth-order valence-electron chi connectivity index (χ4n) is 1.77. The second kappa shape index (κ2) is 5.99. The molecule has 0 N–H and O–H groups in total. The average molecular weight is 256 g/mol. The van der Waals surface area contributed by atoms with Crippen LogP contribution in [0.4, 0.5) is 0 Å². The Balaban J connectivity index is 0.00000162. The van der Waals surface area contributed by atoms with Gasteiger partial charge in [-0.05, 0) is 12.1 Å². The molecule has 0 bridgehead atoms. The first-order chi connectivity index (χ1) is 8.08. The van der Waals surface area contributed by atoms with Crippen LogP contribution in [0.3, 0.4) is 0 Å². The van der Waals surface area contributed by atoms with Crippen molar-refractivity contribution in [2.75, 3.05) is 0 Å². The van der Waals surface area contributed by atoms with Crippen LogP contribution >= 0.6 is 0 Å². The summed E-state index contributed by atoms with van der Waals surface area (Å²) in [6.07, 6.45) is 1.43. The van der Waals surface area contributed by atoms with Crippen LogP contribution in [0.5, 0.6) is 0 Å². The van der Waals surface area contributed by atoms with Crippen LogP contribution in [0.25, 0.3) is 11.0 Å². The number of fused-ring (bicyclic) bond motifs is 1. The molecule has 7 heteroatoms. The van der Waals surface area contributed by atoms with E-state index in [0.29, 0.717) is 11.0 Å². The maximum atomic E-state index is 10.6. The van der Waals surface area contributed by atoms with Gasteiger partial charge >= 0.3 is 29.6 Å². The van der Waals surface area contributed by atoms with Crippen molar-refractivity contribution in [1.29, 1.82) is 0 Å². The molecular weight excluding hydrogens is 247 g/mol. The molecule has 0 fully saturated rings. The monoisotopic (exact) mass is 256 g/mol. The molecule has 0 radical (unpaired) electrons. The van der Waals surface area contributed by atoms with Gasteiger partial charge in [0, 0.05) is 0 Å². The normalized spacial score (nSPS) is 10.0. The number of nitrogens with zero attached hydrogens (tertiary/aromatic N) is 2. The van der Waals surface area contributed by atoms with E-state index in [9.17, 15) is 19.8 Å². The molecule has 2 aromatic rings. The molecule has 1 heterocycles. The minimum absolute atomic E-state index is 0. The summed E-state index contributed by atoms with van der Waals surface area (Å²) in [6, 6.07) is 6.92. The molecule has 0 aliphatic heterocycles. The van der Waals surface area contributed by atoms with E-state index in [1.165, 1.54) is 15.5 Å². The number of rotatable bonds is 4. The Morgan fingerprint density at radius 1 is 1.17 bits per heavy atom. The summed E-state index contributed by atoms with van der Waals surface area (Å²) in [7, 11) is 0. The molecule has 1 aromatic heterocycles. The molecule has 0 atom stereocenters. The summed E-state index contributed by atoms with van der Waals surface area (Å²) in [5, 5.41) is 21.1. The predicted octanol–water partition coefficient (Wildman–Crippen LogP) is -5.57. The SMILES string of the molecule is O=C([O-])Cn1c[n+](CC(=O)[O-])c2ccccc21.[Na+]. The summed E-state index contributed by atoms with van der Waals surface area (Å²) in [4.78, 5) is 21.1. The van der Waals surface area contributed by atoms with E-state index < -0.39 is 11.9 Å². The zero-order chi connectivity index (χ0) is 12.4. The number of benzene rings is 1. The molecule has 0 spiro atoms. The zero-order valence-corrected chi connectivity index (χ0v) is 11.8. The van der Waals surface area contributed by atoms with Crippen LogP contribution in [-0.4, -0.2) is 16.5 Å². The smallest absolute Gasteiger partial charge is 0.546 e. The van der Waals surface area contributed by atoms with Gasteiger partial charge in [-0.3, -0.25) is 0 Å². The number of imidazole rings is 1. The van der Waals surface area contributed by atoms with Gasteiger partial charge in [-0.2, -0.15) is 0 Å². The van der Waals surface area contributed by atoms with Gasteiger partial charge in [0.1, 0.15) is 13.1 Å². The van der Waals surface area contributed by atoms with Crippen molar-refractivity contribution in [2.45, 2.75) is 13.1 Å². The van der Waals surface area contributed by atoms with Crippen LogP contribution < -0.4 is 44.3 Å². The Hall–Kier alpha value is -1.37. The van der Waals surface area contributed by atoms with Crippen molar-refractivity contribution in [3.05, 3.63) is 30.6 Å². The molecule has 0 unspecified atom stereocenters. The summed E-state index contributed by atoms with van der Waals surface area (Å²) in [5.74, 6) is -2.46. The zero-order valence-electron chi connectivity index (χ0n) is 9.83.